The first-order valence-electron chi connectivity index (χ1n) is 15.7. The molecule has 6 bridgehead atoms. The van der Waals surface area contributed by atoms with Crippen LogP contribution in [0.2, 0.25) is 0 Å². The summed E-state index contributed by atoms with van der Waals surface area (Å²) in [7, 11) is 0. The van der Waals surface area contributed by atoms with Gasteiger partial charge in [0.1, 0.15) is 23.5 Å². The molecule has 0 unspecified atom stereocenters. The lowest BCUT2D eigenvalue weighted by Gasteiger charge is -2.41. The van der Waals surface area contributed by atoms with Crippen molar-refractivity contribution >= 4 is 17.4 Å². The molecule has 1 N–H and O–H groups in total. The van der Waals surface area contributed by atoms with Crippen LogP contribution in [0, 0.1) is 12.7 Å². The molecular formula is C36H41FN4O5. The Hall–Kier alpha value is -4.28. The van der Waals surface area contributed by atoms with Gasteiger partial charge in [-0.25, -0.2) is 14.2 Å². The van der Waals surface area contributed by atoms with E-state index in [1.165, 1.54) is 6.07 Å². The topological polar surface area (TPSA) is 98.4 Å². The lowest BCUT2D eigenvalue weighted by molar-refractivity contribution is -0.160. The van der Waals surface area contributed by atoms with Crippen molar-refractivity contribution in [2.24, 2.45) is 0 Å². The molecule has 1 fully saturated rings. The molecular weight excluding hydrogens is 587 g/mol. The van der Waals surface area contributed by atoms with Crippen LogP contribution in [0.3, 0.4) is 0 Å². The minimum atomic E-state index is -1.26. The summed E-state index contributed by atoms with van der Waals surface area (Å²) in [6.07, 6.45) is 3.72. The van der Waals surface area contributed by atoms with Crippen molar-refractivity contribution in [3.8, 4) is 28.1 Å². The maximum atomic E-state index is 15.4. The van der Waals surface area contributed by atoms with E-state index in [0.29, 0.717) is 65.0 Å². The number of aliphatic carboxylic acids is 1. The first-order valence-corrected chi connectivity index (χ1v) is 15.7. The Kier molecular flexibility index (Phi) is 8.37. The van der Waals surface area contributed by atoms with Gasteiger partial charge in [0.15, 0.2) is 11.8 Å². The van der Waals surface area contributed by atoms with Gasteiger partial charge in [-0.1, -0.05) is 30.3 Å². The molecule has 0 spiro atoms. The molecule has 9 nitrogen and oxygen atoms in total. The fourth-order valence-electron chi connectivity index (χ4n) is 6.24. The molecule has 7 rings (SSSR count). The van der Waals surface area contributed by atoms with E-state index in [9.17, 15) is 9.90 Å². The molecule has 0 saturated carbocycles. The molecule has 0 radical (unpaired) electrons. The molecule has 0 aliphatic carbocycles. The highest BCUT2D eigenvalue weighted by Crippen LogP contribution is 2.39. The Balaban J connectivity index is 1.57. The third kappa shape index (κ3) is 6.37. The number of ether oxygens (including phenoxy) is 3. The predicted octanol–water partition coefficient (Wildman–Crippen LogP) is 7.16. The van der Waals surface area contributed by atoms with Crippen molar-refractivity contribution in [2.75, 3.05) is 24.6 Å². The molecule has 1 saturated heterocycles. The van der Waals surface area contributed by atoms with E-state index < -0.39 is 23.5 Å². The van der Waals surface area contributed by atoms with E-state index in [4.69, 9.17) is 24.3 Å². The normalized spacial score (nSPS) is 20.9. The van der Waals surface area contributed by atoms with Crippen LogP contribution >= 0.6 is 0 Å². The molecule has 4 aromatic rings. The van der Waals surface area contributed by atoms with Crippen LogP contribution in [0.5, 0.6) is 5.75 Å². The van der Waals surface area contributed by atoms with E-state index in [1.54, 1.807) is 16.6 Å². The lowest BCUT2D eigenvalue weighted by Crippen LogP contribution is -2.45. The summed E-state index contributed by atoms with van der Waals surface area (Å²) in [6, 6.07) is 14.2. The Morgan fingerprint density at radius 1 is 1.13 bits per heavy atom. The quantitative estimate of drug-likeness (QED) is 0.239. The zero-order valence-electron chi connectivity index (χ0n) is 27.2. The van der Waals surface area contributed by atoms with Crippen molar-refractivity contribution in [3.05, 3.63) is 77.8 Å². The molecule has 242 valence electrons. The van der Waals surface area contributed by atoms with E-state index in [0.717, 1.165) is 18.4 Å². The van der Waals surface area contributed by atoms with Crippen LogP contribution in [0.25, 0.3) is 28.0 Å². The summed E-state index contributed by atoms with van der Waals surface area (Å²) in [5.41, 5.74) is 2.87. The van der Waals surface area contributed by atoms with Crippen LogP contribution < -0.4 is 9.64 Å². The summed E-state index contributed by atoms with van der Waals surface area (Å²) < 4.78 is 35.9. The van der Waals surface area contributed by atoms with Gasteiger partial charge in [-0.2, -0.15) is 9.61 Å². The smallest absolute Gasteiger partial charge is 0.337 e. The first kappa shape index (κ1) is 31.7. The molecule has 5 heterocycles. The fourth-order valence-corrected chi connectivity index (χ4v) is 6.24. The Labute approximate surface area is 268 Å². The zero-order chi connectivity index (χ0) is 32.8. The average Bonchev–Trinajstić information content (AvgIpc) is 3.41. The number of anilines is 1. The van der Waals surface area contributed by atoms with Gasteiger partial charge in [0, 0.05) is 30.4 Å². The first-order chi connectivity index (χ1) is 21.8. The summed E-state index contributed by atoms with van der Waals surface area (Å²) in [4.78, 5) is 19.8. The number of piperidine rings is 1. The Morgan fingerprint density at radius 2 is 1.85 bits per heavy atom. The number of benzene rings is 2. The van der Waals surface area contributed by atoms with Crippen molar-refractivity contribution in [1.29, 1.82) is 0 Å². The molecule has 46 heavy (non-hydrogen) atoms. The van der Waals surface area contributed by atoms with Crippen LogP contribution in [0.1, 0.15) is 64.8 Å². The van der Waals surface area contributed by atoms with Crippen molar-refractivity contribution in [1.82, 2.24) is 14.6 Å². The fraction of sp³-hybridized carbons (Fsp3) is 0.417. The number of aryl methyl sites for hydroxylation is 1. The second-order valence-electron chi connectivity index (χ2n) is 13.4. The minimum absolute atomic E-state index is 0.315. The Morgan fingerprint density at radius 3 is 2.57 bits per heavy atom. The molecule has 2 aromatic heterocycles. The third-order valence-electron chi connectivity index (χ3n) is 8.55. The highest BCUT2D eigenvalue weighted by molar-refractivity contribution is 5.80. The number of carboxylic acid groups (broad SMARTS) is 1. The number of hydrogen-bond acceptors (Lipinski definition) is 7. The van der Waals surface area contributed by atoms with Crippen LogP contribution in [0.4, 0.5) is 10.2 Å². The third-order valence-corrected chi connectivity index (χ3v) is 8.55. The standard InChI is InChI=1S/C36H41FN4O5/c1-22-10-9-19-44-36(6)15-17-40(18-16-36)33-30(32(34(42)43)46-35(3,4)5)23(2)38-29-21-27(39-41(29)33)24-11-7-12-25(20-24)31-26(37)13-8-14-28(31)45-22/h7-14,20-22,32H,15-19H2,1-6H3,(H,42,43)/t22-,32-/m0/s1. The SMILES string of the molecule is Cc1nc2cc3nn2c(c1[C@H](OC(C)(C)C)C(=O)O)N1CCC(C)(CC1)OCC=C[C@H](C)Oc1cccc(F)c1-c1cccc-3c1. The van der Waals surface area contributed by atoms with Gasteiger partial charge in [0.25, 0.3) is 0 Å². The number of fused-ring (bicyclic) bond motifs is 6. The maximum absolute atomic E-state index is 15.4. The van der Waals surface area contributed by atoms with Crippen molar-refractivity contribution in [3.63, 3.8) is 0 Å². The van der Waals surface area contributed by atoms with Gasteiger partial charge in [0.05, 0.1) is 34.6 Å². The zero-order valence-corrected chi connectivity index (χ0v) is 27.2. The van der Waals surface area contributed by atoms with E-state index in [-0.39, 0.29) is 11.7 Å². The second kappa shape index (κ2) is 12.1. The second-order valence-corrected chi connectivity index (χ2v) is 13.4. The van der Waals surface area contributed by atoms with E-state index in [2.05, 4.69) is 11.8 Å². The summed E-state index contributed by atoms with van der Waals surface area (Å²) in [6.45, 7) is 13.0. The number of halogens is 1. The van der Waals surface area contributed by atoms with Gasteiger partial charge in [0.2, 0.25) is 0 Å². The van der Waals surface area contributed by atoms with Gasteiger partial charge in [-0.3, -0.25) is 0 Å². The highest BCUT2D eigenvalue weighted by atomic mass is 19.1. The van der Waals surface area contributed by atoms with Gasteiger partial charge in [-0.15, -0.1) is 0 Å². The monoisotopic (exact) mass is 628 g/mol. The number of carboxylic acids is 1. The largest absolute Gasteiger partial charge is 0.486 e. The van der Waals surface area contributed by atoms with Crippen molar-refractivity contribution < 1.29 is 28.5 Å². The summed E-state index contributed by atoms with van der Waals surface area (Å²) in [5, 5.41) is 15.4. The number of nitrogens with zero attached hydrogens (tertiary/aromatic N) is 4. The average molecular weight is 629 g/mol. The van der Waals surface area contributed by atoms with Crippen LogP contribution in [-0.2, 0) is 14.3 Å². The minimum Gasteiger partial charge on any atom is -0.486 e. The maximum Gasteiger partial charge on any atom is 0.337 e. The molecule has 2 atom stereocenters. The van der Waals surface area contributed by atoms with E-state index in [1.807, 2.05) is 77.1 Å². The van der Waals surface area contributed by atoms with Crippen LogP contribution in [-0.4, -0.2) is 62.7 Å². The number of aromatic nitrogens is 3. The van der Waals surface area contributed by atoms with Gasteiger partial charge >= 0.3 is 5.97 Å². The van der Waals surface area contributed by atoms with Gasteiger partial charge < -0.3 is 24.2 Å². The summed E-state index contributed by atoms with van der Waals surface area (Å²) in [5.74, 6) is -0.417. The predicted molar refractivity (Wildman–Crippen MR) is 175 cm³/mol. The highest BCUT2D eigenvalue weighted by Gasteiger charge is 2.37. The summed E-state index contributed by atoms with van der Waals surface area (Å²) >= 11 is 0. The van der Waals surface area contributed by atoms with E-state index >= 15 is 4.39 Å². The molecule has 10 heteroatoms. The number of rotatable bonds is 3. The number of carbonyl (C=O) groups is 1. The van der Waals surface area contributed by atoms with Crippen LogP contribution in [0.15, 0.2) is 60.7 Å². The van der Waals surface area contributed by atoms with Gasteiger partial charge in [-0.05, 0) is 84.2 Å². The molecule has 3 aliphatic rings. The lowest BCUT2D eigenvalue weighted by atomic mass is 9.92. The molecule has 3 aliphatic heterocycles. The Bertz CT molecular complexity index is 1800. The molecule has 2 aromatic carbocycles. The molecule has 0 amide bonds. The number of hydrogen-bond donors (Lipinski definition) is 1. The van der Waals surface area contributed by atoms with Crippen molar-refractivity contribution in [2.45, 2.75) is 77.8 Å².